The van der Waals surface area contributed by atoms with Gasteiger partial charge in [-0.25, -0.2) is 0 Å². The number of para-hydroxylation sites is 1. The van der Waals surface area contributed by atoms with Crippen molar-refractivity contribution in [3.8, 4) is 0 Å². The molecule has 0 fully saturated rings. The maximum absolute atomic E-state index is 2.56. The Balaban J connectivity index is 1.64. The highest BCUT2D eigenvalue weighted by Gasteiger charge is 2.41. The first-order chi connectivity index (χ1) is 18.8. The third-order valence-corrected chi connectivity index (χ3v) is 12.8. The van der Waals surface area contributed by atoms with Crippen LogP contribution in [0.15, 0.2) is 133 Å². The van der Waals surface area contributed by atoms with Crippen LogP contribution in [-0.4, -0.2) is 12.6 Å². The Morgan fingerprint density at radius 3 is 1.58 bits per heavy atom. The summed E-state index contributed by atoms with van der Waals surface area (Å²) in [6, 6.07) is 50.0. The van der Waals surface area contributed by atoms with Gasteiger partial charge in [0.1, 0.15) is 0 Å². The Labute approximate surface area is 227 Å². The summed E-state index contributed by atoms with van der Waals surface area (Å²) in [6.45, 7) is 3.35. The van der Waals surface area contributed by atoms with Crippen LogP contribution in [0, 0.1) is 0 Å². The number of hydrogen-bond acceptors (Lipinski definition) is 0. The monoisotopic (exact) mass is 509 g/mol. The lowest BCUT2D eigenvalue weighted by atomic mass is 10.1. The topological polar surface area (TPSA) is 4.93 Å². The molecule has 1 nitrogen and oxygen atoms in total. The Morgan fingerprint density at radius 2 is 1.00 bits per heavy atom. The molecule has 0 saturated heterocycles. The second-order valence-electron chi connectivity index (χ2n) is 10.3. The van der Waals surface area contributed by atoms with Gasteiger partial charge in [-0.2, -0.15) is 0 Å². The number of hydrogen-bond donors (Lipinski definition) is 0. The lowest BCUT2D eigenvalue weighted by Gasteiger charge is -2.34. The number of nitrogens with zero attached hydrogens (tertiary/aromatic N) is 1. The Hall–Kier alpha value is -3.88. The third-order valence-electron chi connectivity index (χ3n) is 8.06. The van der Waals surface area contributed by atoms with Gasteiger partial charge >= 0.3 is 0 Å². The van der Waals surface area contributed by atoms with Crippen molar-refractivity contribution in [2.24, 2.45) is 0 Å². The minimum atomic E-state index is -2.54. The van der Waals surface area contributed by atoms with Gasteiger partial charge in [-0.15, -0.1) is 0 Å². The smallest absolute Gasteiger partial charge is 0.179 e. The number of aromatic nitrogens is 1. The zero-order valence-electron chi connectivity index (χ0n) is 22.2. The minimum Gasteiger partial charge on any atom is -0.340 e. The standard InChI is InChI=1S/C36H35NSi/c1-2-3-4-16-27-37-35-24-15-14-23-33(35)34-28-32(25-26-36(34)37)38(29-17-8-5-9-18-29,30-19-10-6-11-20-30)31-21-12-7-13-22-31/h5-15,17-26,28H,2-4,16,27H2,1H3. The van der Waals surface area contributed by atoms with E-state index in [-0.39, 0.29) is 0 Å². The molecule has 0 atom stereocenters. The van der Waals surface area contributed by atoms with Gasteiger partial charge in [-0.1, -0.05) is 148 Å². The van der Waals surface area contributed by atoms with E-state index < -0.39 is 8.07 Å². The van der Waals surface area contributed by atoms with Crippen molar-refractivity contribution in [1.82, 2.24) is 4.57 Å². The molecule has 0 aliphatic carbocycles. The molecule has 0 radical (unpaired) electrons. The fraction of sp³-hybridized carbons (Fsp3) is 0.167. The van der Waals surface area contributed by atoms with Crippen molar-refractivity contribution in [2.45, 2.75) is 39.2 Å². The lowest BCUT2D eigenvalue weighted by Crippen LogP contribution is -2.74. The molecule has 1 aromatic heterocycles. The van der Waals surface area contributed by atoms with Gasteiger partial charge in [-0.3, -0.25) is 0 Å². The molecule has 5 aromatic carbocycles. The molecule has 38 heavy (non-hydrogen) atoms. The number of aryl methyl sites for hydroxylation is 1. The van der Waals surface area contributed by atoms with Crippen LogP contribution in [0.2, 0.25) is 0 Å². The van der Waals surface area contributed by atoms with Gasteiger partial charge in [0, 0.05) is 28.4 Å². The van der Waals surface area contributed by atoms with Crippen molar-refractivity contribution in [2.75, 3.05) is 0 Å². The Morgan fingerprint density at radius 1 is 0.474 bits per heavy atom. The molecule has 0 aliphatic heterocycles. The van der Waals surface area contributed by atoms with Crippen LogP contribution in [0.3, 0.4) is 0 Å². The molecule has 0 saturated carbocycles. The van der Waals surface area contributed by atoms with Gasteiger partial charge in [0.15, 0.2) is 8.07 Å². The van der Waals surface area contributed by atoms with E-state index in [9.17, 15) is 0 Å². The average molecular weight is 510 g/mol. The van der Waals surface area contributed by atoms with Crippen LogP contribution < -0.4 is 20.7 Å². The van der Waals surface area contributed by atoms with Crippen LogP contribution in [-0.2, 0) is 6.54 Å². The van der Waals surface area contributed by atoms with Crippen molar-refractivity contribution < 1.29 is 0 Å². The molecule has 0 unspecified atom stereocenters. The van der Waals surface area contributed by atoms with Crippen molar-refractivity contribution in [1.29, 1.82) is 0 Å². The van der Waals surface area contributed by atoms with Gasteiger partial charge in [-0.05, 0) is 39.3 Å². The third kappa shape index (κ3) is 4.19. The number of unbranched alkanes of at least 4 members (excludes halogenated alkanes) is 3. The number of fused-ring (bicyclic) bond motifs is 3. The predicted molar refractivity (Wildman–Crippen MR) is 167 cm³/mol. The summed E-state index contributed by atoms with van der Waals surface area (Å²) in [4.78, 5) is 0. The summed E-state index contributed by atoms with van der Waals surface area (Å²) in [7, 11) is -2.54. The molecule has 0 N–H and O–H groups in total. The highest BCUT2D eigenvalue weighted by Crippen LogP contribution is 2.29. The molecule has 0 spiro atoms. The van der Waals surface area contributed by atoms with E-state index in [4.69, 9.17) is 0 Å². The molecular weight excluding hydrogens is 474 g/mol. The van der Waals surface area contributed by atoms with E-state index in [2.05, 4.69) is 145 Å². The number of rotatable bonds is 9. The van der Waals surface area contributed by atoms with Crippen molar-refractivity contribution in [3.63, 3.8) is 0 Å². The van der Waals surface area contributed by atoms with E-state index in [0.717, 1.165) is 6.54 Å². The summed E-state index contributed by atoms with van der Waals surface area (Å²) in [5, 5.41) is 8.41. The Kier molecular flexibility index (Phi) is 6.98. The molecule has 6 aromatic rings. The van der Waals surface area contributed by atoms with Gasteiger partial charge in [0.2, 0.25) is 0 Å². The first-order valence-electron chi connectivity index (χ1n) is 14.0. The SMILES string of the molecule is CCCCCCn1c2ccccc2c2cc([Si](c3ccccc3)(c3ccccc3)c3ccccc3)ccc21. The van der Waals surface area contributed by atoms with E-state index in [1.54, 1.807) is 0 Å². The van der Waals surface area contributed by atoms with E-state index in [1.807, 2.05) is 0 Å². The first kappa shape index (κ1) is 24.5. The Bertz CT molecular complexity index is 1540. The molecule has 6 rings (SSSR count). The van der Waals surface area contributed by atoms with Crippen LogP contribution in [0.4, 0.5) is 0 Å². The normalized spacial score (nSPS) is 11.8. The van der Waals surface area contributed by atoms with Gasteiger partial charge in [0.25, 0.3) is 0 Å². The first-order valence-corrected chi connectivity index (χ1v) is 16.0. The highest BCUT2D eigenvalue weighted by atomic mass is 28.3. The molecule has 2 heteroatoms. The predicted octanol–water partition coefficient (Wildman–Crippen LogP) is 6.75. The second kappa shape index (κ2) is 10.8. The fourth-order valence-electron chi connectivity index (χ4n) is 6.29. The second-order valence-corrected chi connectivity index (χ2v) is 14.1. The summed E-state index contributed by atoms with van der Waals surface area (Å²) in [5.41, 5.74) is 2.70. The molecule has 1 heterocycles. The zero-order chi connectivity index (χ0) is 25.8. The van der Waals surface area contributed by atoms with E-state index in [0.29, 0.717) is 0 Å². The fourth-order valence-corrected chi connectivity index (χ4v) is 11.1. The van der Waals surface area contributed by atoms with Crippen LogP contribution in [0.5, 0.6) is 0 Å². The molecule has 188 valence electrons. The summed E-state index contributed by atoms with van der Waals surface area (Å²) in [5.74, 6) is 0. The lowest BCUT2D eigenvalue weighted by molar-refractivity contribution is 0.602. The minimum absolute atomic E-state index is 1.07. The van der Waals surface area contributed by atoms with E-state index in [1.165, 1.54) is 68.2 Å². The van der Waals surface area contributed by atoms with Crippen molar-refractivity contribution in [3.05, 3.63) is 133 Å². The molecule has 0 aliphatic rings. The summed E-state index contributed by atoms with van der Waals surface area (Å²) < 4.78 is 2.56. The zero-order valence-corrected chi connectivity index (χ0v) is 23.2. The van der Waals surface area contributed by atoms with Crippen LogP contribution in [0.1, 0.15) is 32.6 Å². The van der Waals surface area contributed by atoms with Gasteiger partial charge < -0.3 is 4.57 Å². The maximum Gasteiger partial charge on any atom is 0.179 e. The van der Waals surface area contributed by atoms with Crippen molar-refractivity contribution >= 4 is 50.6 Å². The molecular formula is C36H35NSi. The van der Waals surface area contributed by atoms with Gasteiger partial charge in [0.05, 0.1) is 0 Å². The molecule has 0 amide bonds. The van der Waals surface area contributed by atoms with Crippen LogP contribution >= 0.6 is 0 Å². The average Bonchev–Trinajstić information content (AvgIpc) is 3.30. The van der Waals surface area contributed by atoms with E-state index >= 15 is 0 Å². The summed E-state index contributed by atoms with van der Waals surface area (Å²) >= 11 is 0. The van der Waals surface area contributed by atoms with Crippen LogP contribution in [0.25, 0.3) is 21.8 Å². The maximum atomic E-state index is 2.56. The number of benzene rings is 5. The summed E-state index contributed by atoms with van der Waals surface area (Å²) in [6.07, 6.45) is 5.08. The molecule has 0 bridgehead atoms. The highest BCUT2D eigenvalue weighted by molar-refractivity contribution is 7.20. The quantitative estimate of drug-likeness (QED) is 0.115. The largest absolute Gasteiger partial charge is 0.340 e.